The zero-order valence-corrected chi connectivity index (χ0v) is 16.7. The van der Waals surface area contributed by atoms with Crippen LogP contribution in [0.2, 0.25) is 0 Å². The van der Waals surface area contributed by atoms with Crippen molar-refractivity contribution in [3.05, 3.63) is 22.4 Å². The molecule has 20 heavy (non-hydrogen) atoms. The Kier molecular flexibility index (Phi) is 9.55. The van der Waals surface area contributed by atoms with Crippen LogP contribution in [0.15, 0.2) is 17.5 Å². The zero-order valence-electron chi connectivity index (χ0n) is 13.7. The number of quaternary nitrogens is 1. The molecule has 0 radical (unpaired) electrons. The number of ether oxygens (including phenoxy) is 1. The second-order valence-corrected chi connectivity index (χ2v) is 7.54. The Labute approximate surface area is 145 Å². The maximum absolute atomic E-state index is 6.35. The molecule has 1 heterocycles. The molecule has 0 saturated heterocycles. The lowest BCUT2D eigenvalue weighted by Gasteiger charge is -2.32. The maximum atomic E-state index is 6.35. The molecule has 4 heteroatoms. The first-order valence-electron chi connectivity index (χ1n) is 7.34. The Bertz CT molecular complexity index is 348. The Balaban J connectivity index is 0.00000361. The summed E-state index contributed by atoms with van der Waals surface area (Å²) in [6.45, 7) is 13.6. The van der Waals surface area contributed by atoms with Gasteiger partial charge >= 0.3 is 0 Å². The number of thiophene rings is 1. The highest BCUT2D eigenvalue weighted by atomic mass is 127. The molecule has 0 aliphatic carbocycles. The van der Waals surface area contributed by atoms with E-state index in [9.17, 15) is 0 Å². The Morgan fingerprint density at radius 1 is 1.35 bits per heavy atom. The Morgan fingerprint density at radius 3 is 2.45 bits per heavy atom. The number of hydrogen-bond donors (Lipinski definition) is 1. The van der Waals surface area contributed by atoms with E-state index in [0.717, 1.165) is 6.42 Å². The van der Waals surface area contributed by atoms with Crippen LogP contribution in [0.1, 0.15) is 52.0 Å². The summed E-state index contributed by atoms with van der Waals surface area (Å²) in [7, 11) is 2.24. The summed E-state index contributed by atoms with van der Waals surface area (Å²) in [5.41, 5.74) is 0.141. The van der Waals surface area contributed by atoms with Crippen molar-refractivity contribution in [1.29, 1.82) is 0 Å². The first kappa shape index (κ1) is 20.3. The van der Waals surface area contributed by atoms with Crippen molar-refractivity contribution in [3.63, 3.8) is 0 Å². The van der Waals surface area contributed by atoms with Crippen LogP contribution in [0.4, 0.5) is 0 Å². The van der Waals surface area contributed by atoms with Crippen molar-refractivity contribution in [2.45, 2.75) is 53.2 Å². The van der Waals surface area contributed by atoms with Crippen molar-refractivity contribution in [1.82, 2.24) is 0 Å². The normalized spacial score (nSPS) is 16.3. The number of nitrogens with one attached hydrogen (secondary N) is 1. The minimum Gasteiger partial charge on any atom is -1.00 e. The SMILES string of the molecule is CC[NH+](C)CCC(C)OC(c1cccs1)C(C)(C)C.[I-]. The van der Waals surface area contributed by atoms with E-state index in [-0.39, 0.29) is 35.5 Å². The van der Waals surface area contributed by atoms with E-state index in [1.165, 1.54) is 18.0 Å². The third-order valence-electron chi connectivity index (χ3n) is 3.54. The highest BCUT2D eigenvalue weighted by molar-refractivity contribution is 7.10. The second kappa shape index (κ2) is 9.38. The summed E-state index contributed by atoms with van der Waals surface area (Å²) >= 11 is 1.80. The molecule has 2 nitrogen and oxygen atoms in total. The topological polar surface area (TPSA) is 13.7 Å². The molecule has 0 aliphatic rings. The summed E-state index contributed by atoms with van der Waals surface area (Å²) in [4.78, 5) is 2.91. The molecule has 118 valence electrons. The van der Waals surface area contributed by atoms with Crippen LogP contribution in [-0.4, -0.2) is 26.2 Å². The molecular weight excluding hydrogens is 381 g/mol. The van der Waals surface area contributed by atoms with Gasteiger partial charge in [0.25, 0.3) is 0 Å². The van der Waals surface area contributed by atoms with Crippen molar-refractivity contribution >= 4 is 11.3 Å². The predicted octanol–water partition coefficient (Wildman–Crippen LogP) is 0.169. The van der Waals surface area contributed by atoms with Crippen LogP contribution in [0, 0.1) is 5.41 Å². The van der Waals surface area contributed by atoms with E-state index in [4.69, 9.17) is 4.74 Å². The van der Waals surface area contributed by atoms with Gasteiger partial charge in [0.05, 0.1) is 32.3 Å². The molecule has 3 atom stereocenters. The summed E-state index contributed by atoms with van der Waals surface area (Å²) < 4.78 is 6.35. The average Bonchev–Trinajstić information content (AvgIpc) is 2.84. The zero-order chi connectivity index (χ0) is 14.5. The van der Waals surface area contributed by atoms with Gasteiger partial charge in [0, 0.05) is 11.3 Å². The van der Waals surface area contributed by atoms with E-state index in [1.54, 1.807) is 16.2 Å². The molecule has 0 aliphatic heterocycles. The van der Waals surface area contributed by atoms with Crippen LogP contribution in [0.25, 0.3) is 0 Å². The molecular formula is C16H30INOS. The van der Waals surface area contributed by atoms with Crippen molar-refractivity contribution in [2.75, 3.05) is 20.1 Å². The summed E-state index contributed by atoms with van der Waals surface area (Å²) in [6.07, 6.45) is 1.63. The monoisotopic (exact) mass is 411 g/mol. The van der Waals surface area contributed by atoms with Crippen LogP contribution in [-0.2, 0) is 4.74 Å². The lowest BCUT2D eigenvalue weighted by atomic mass is 9.88. The molecule has 0 spiro atoms. The van der Waals surface area contributed by atoms with E-state index in [0.29, 0.717) is 6.10 Å². The molecule has 1 aromatic rings. The van der Waals surface area contributed by atoms with Gasteiger partial charge in [0.2, 0.25) is 0 Å². The number of hydrogen-bond acceptors (Lipinski definition) is 2. The maximum Gasteiger partial charge on any atom is 0.0968 e. The van der Waals surface area contributed by atoms with Crippen LogP contribution >= 0.6 is 11.3 Å². The first-order chi connectivity index (χ1) is 8.84. The van der Waals surface area contributed by atoms with Gasteiger partial charge in [-0.25, -0.2) is 0 Å². The quantitative estimate of drug-likeness (QED) is 0.632. The molecule has 3 unspecified atom stereocenters. The fourth-order valence-electron chi connectivity index (χ4n) is 2.07. The Morgan fingerprint density at radius 2 is 2.00 bits per heavy atom. The molecule has 0 bridgehead atoms. The van der Waals surface area contributed by atoms with Crippen LogP contribution in [0.5, 0.6) is 0 Å². The molecule has 0 aromatic carbocycles. The van der Waals surface area contributed by atoms with Crippen LogP contribution < -0.4 is 28.9 Å². The van der Waals surface area contributed by atoms with Gasteiger partial charge in [-0.15, -0.1) is 11.3 Å². The van der Waals surface area contributed by atoms with E-state index >= 15 is 0 Å². The van der Waals surface area contributed by atoms with Gasteiger partial charge in [-0.2, -0.15) is 0 Å². The second-order valence-electron chi connectivity index (χ2n) is 6.56. The molecule has 0 saturated carbocycles. The molecule has 0 fully saturated rings. The fraction of sp³-hybridized carbons (Fsp3) is 0.750. The van der Waals surface area contributed by atoms with Gasteiger partial charge < -0.3 is 33.6 Å². The summed E-state index contributed by atoms with van der Waals surface area (Å²) in [6, 6.07) is 4.30. The standard InChI is InChI=1S/C16H29NOS.HI/c1-7-17(6)11-10-13(2)18-15(16(3,4)5)14-9-8-12-19-14;/h8-9,12-13,15H,7,10-11H2,1-6H3;1H. The van der Waals surface area contributed by atoms with Crippen molar-refractivity contribution < 1.29 is 33.6 Å². The van der Waals surface area contributed by atoms with Gasteiger partial charge in [-0.05, 0) is 30.7 Å². The highest BCUT2D eigenvalue weighted by Gasteiger charge is 2.29. The van der Waals surface area contributed by atoms with Gasteiger partial charge in [-0.1, -0.05) is 26.8 Å². The van der Waals surface area contributed by atoms with Gasteiger partial charge in [-0.3, -0.25) is 0 Å². The van der Waals surface area contributed by atoms with Gasteiger partial charge in [0.1, 0.15) is 0 Å². The minimum absolute atomic E-state index is 0. The number of rotatable bonds is 7. The third kappa shape index (κ3) is 6.87. The molecule has 1 rings (SSSR count). The van der Waals surface area contributed by atoms with Crippen LogP contribution in [0.3, 0.4) is 0 Å². The Hall–Kier alpha value is 0.350. The fourth-order valence-corrected chi connectivity index (χ4v) is 3.07. The van der Waals surface area contributed by atoms with Crippen molar-refractivity contribution in [2.24, 2.45) is 5.41 Å². The average molecular weight is 411 g/mol. The first-order valence-corrected chi connectivity index (χ1v) is 8.22. The van der Waals surface area contributed by atoms with Gasteiger partial charge in [0.15, 0.2) is 0 Å². The van der Waals surface area contributed by atoms with E-state index in [1.807, 2.05) is 0 Å². The molecule has 1 aromatic heterocycles. The highest BCUT2D eigenvalue weighted by Crippen LogP contribution is 2.39. The minimum atomic E-state index is 0. The third-order valence-corrected chi connectivity index (χ3v) is 4.45. The molecule has 0 amide bonds. The lowest BCUT2D eigenvalue weighted by molar-refractivity contribution is -0.878. The summed E-state index contributed by atoms with van der Waals surface area (Å²) in [5, 5.41) is 2.14. The lowest BCUT2D eigenvalue weighted by Crippen LogP contribution is -3.08. The largest absolute Gasteiger partial charge is 1.00 e. The summed E-state index contributed by atoms with van der Waals surface area (Å²) in [5.74, 6) is 0. The molecule has 1 N–H and O–H groups in total. The number of halogens is 1. The van der Waals surface area contributed by atoms with E-state index in [2.05, 4.69) is 59.2 Å². The van der Waals surface area contributed by atoms with E-state index < -0.39 is 0 Å². The predicted molar refractivity (Wildman–Crippen MR) is 84.0 cm³/mol. The smallest absolute Gasteiger partial charge is 0.0968 e. The van der Waals surface area contributed by atoms with Crippen molar-refractivity contribution in [3.8, 4) is 0 Å².